The fraction of sp³-hybridized carbons (Fsp3) is 0.609. The zero-order valence-corrected chi connectivity index (χ0v) is 19.9. The number of furan rings is 1. The first-order chi connectivity index (χ1) is 15.5. The molecular formula is C23H32N4O6. The summed E-state index contributed by atoms with van der Waals surface area (Å²) in [7, 11) is 0. The Morgan fingerprint density at radius 3 is 2.42 bits per heavy atom. The van der Waals surface area contributed by atoms with E-state index in [1.54, 1.807) is 13.8 Å². The number of esters is 2. The minimum atomic E-state index is -0.858. The number of nitrogens with one attached hydrogen (secondary N) is 1. The number of hydrogen-bond donors (Lipinski definition) is 2. The van der Waals surface area contributed by atoms with Crippen molar-refractivity contribution in [3.8, 4) is 0 Å². The Hall–Kier alpha value is -3.17. The summed E-state index contributed by atoms with van der Waals surface area (Å²) in [5.74, 6) is -0.709. The lowest BCUT2D eigenvalue weighted by Gasteiger charge is -2.28. The number of rotatable bonds is 7. The van der Waals surface area contributed by atoms with Gasteiger partial charge in [0.25, 0.3) is 0 Å². The third-order valence-electron chi connectivity index (χ3n) is 5.62. The van der Waals surface area contributed by atoms with Crippen molar-refractivity contribution in [2.45, 2.75) is 78.9 Å². The van der Waals surface area contributed by atoms with Gasteiger partial charge in [-0.3, -0.25) is 9.59 Å². The third kappa shape index (κ3) is 5.43. The number of amides is 1. The summed E-state index contributed by atoms with van der Waals surface area (Å²) in [5.41, 5.74) is 5.13. The fourth-order valence-electron chi connectivity index (χ4n) is 4.25. The predicted octanol–water partition coefficient (Wildman–Crippen LogP) is 3.20. The minimum absolute atomic E-state index is 0.0334. The van der Waals surface area contributed by atoms with E-state index in [0.29, 0.717) is 18.6 Å². The van der Waals surface area contributed by atoms with Crippen LogP contribution in [0.4, 0.5) is 5.82 Å². The largest absolute Gasteiger partial charge is 0.462 e. The molecule has 1 aliphatic carbocycles. The van der Waals surface area contributed by atoms with Crippen LogP contribution in [-0.2, 0) is 25.7 Å². The van der Waals surface area contributed by atoms with Crippen molar-refractivity contribution in [3.63, 3.8) is 0 Å². The molecule has 1 fully saturated rings. The minimum Gasteiger partial charge on any atom is -0.462 e. The Morgan fingerprint density at radius 2 is 1.82 bits per heavy atom. The maximum absolute atomic E-state index is 13.0. The molecule has 1 saturated carbocycles. The molecule has 3 N–H and O–H groups in total. The topological polar surface area (TPSA) is 147 Å². The van der Waals surface area contributed by atoms with Crippen LogP contribution >= 0.6 is 0 Å². The molecular weight excluding hydrogens is 428 g/mol. The molecule has 2 aromatic rings. The number of ether oxygens (including phenoxy) is 2. The SMILES string of the molecule is CCOC(=O)c1c(C)oc2nc(COC(=O)C3(CC(=O)NC(C)(C)C)CCCC3)nc(N)c12. The van der Waals surface area contributed by atoms with Crippen LogP contribution < -0.4 is 11.1 Å². The second kappa shape index (κ2) is 9.36. The number of fused-ring (bicyclic) bond motifs is 1. The van der Waals surface area contributed by atoms with Gasteiger partial charge in [-0.1, -0.05) is 12.8 Å². The Labute approximate surface area is 192 Å². The van der Waals surface area contributed by atoms with E-state index in [1.165, 1.54) is 0 Å². The number of hydrogen-bond acceptors (Lipinski definition) is 9. The molecule has 1 aliphatic rings. The smallest absolute Gasteiger partial charge is 0.342 e. The summed E-state index contributed by atoms with van der Waals surface area (Å²) >= 11 is 0. The molecule has 3 rings (SSSR count). The lowest BCUT2D eigenvalue weighted by molar-refractivity contribution is -0.159. The lowest BCUT2D eigenvalue weighted by atomic mass is 9.82. The quantitative estimate of drug-likeness (QED) is 0.594. The average molecular weight is 461 g/mol. The van der Waals surface area contributed by atoms with Crippen molar-refractivity contribution >= 4 is 34.8 Å². The lowest BCUT2D eigenvalue weighted by Crippen LogP contribution is -2.44. The van der Waals surface area contributed by atoms with Gasteiger partial charge in [0.1, 0.15) is 17.1 Å². The zero-order chi connectivity index (χ0) is 24.4. The number of nitrogens with two attached hydrogens (primary N) is 1. The number of nitrogen functional groups attached to an aromatic ring is 1. The number of nitrogens with zero attached hydrogens (tertiary/aromatic N) is 2. The van der Waals surface area contributed by atoms with E-state index in [1.807, 2.05) is 20.8 Å². The van der Waals surface area contributed by atoms with Crippen molar-refractivity contribution in [1.82, 2.24) is 15.3 Å². The van der Waals surface area contributed by atoms with Crippen LogP contribution in [0, 0.1) is 12.3 Å². The number of anilines is 1. The number of aromatic nitrogens is 2. The van der Waals surface area contributed by atoms with Crippen LogP contribution in [0.3, 0.4) is 0 Å². The summed E-state index contributed by atoms with van der Waals surface area (Å²) in [5, 5.41) is 3.19. The van der Waals surface area contributed by atoms with Gasteiger partial charge in [-0.15, -0.1) is 0 Å². The fourth-order valence-corrected chi connectivity index (χ4v) is 4.25. The van der Waals surface area contributed by atoms with Gasteiger partial charge in [0.05, 0.1) is 17.4 Å². The summed E-state index contributed by atoms with van der Waals surface area (Å²) in [6.07, 6.45) is 2.97. The molecule has 33 heavy (non-hydrogen) atoms. The summed E-state index contributed by atoms with van der Waals surface area (Å²) < 4.78 is 16.2. The number of carbonyl (C=O) groups excluding carboxylic acids is 3. The molecule has 0 spiro atoms. The Bertz CT molecular complexity index is 1060. The van der Waals surface area contributed by atoms with Crippen molar-refractivity contribution < 1.29 is 28.3 Å². The molecule has 2 aromatic heterocycles. The number of carbonyl (C=O) groups is 3. The molecule has 0 unspecified atom stereocenters. The van der Waals surface area contributed by atoms with Crippen molar-refractivity contribution in [3.05, 3.63) is 17.1 Å². The third-order valence-corrected chi connectivity index (χ3v) is 5.62. The second-order valence-corrected chi connectivity index (χ2v) is 9.50. The van der Waals surface area contributed by atoms with E-state index in [0.717, 1.165) is 12.8 Å². The molecule has 0 aromatic carbocycles. The van der Waals surface area contributed by atoms with E-state index >= 15 is 0 Å². The summed E-state index contributed by atoms with van der Waals surface area (Å²) in [6.45, 7) is 8.97. The average Bonchev–Trinajstić information content (AvgIpc) is 3.29. The van der Waals surface area contributed by atoms with Gasteiger partial charge in [-0.05, 0) is 47.5 Å². The van der Waals surface area contributed by atoms with Gasteiger partial charge < -0.3 is 24.9 Å². The highest BCUT2D eigenvalue weighted by molar-refractivity contribution is 6.07. The van der Waals surface area contributed by atoms with E-state index in [-0.39, 0.29) is 59.4 Å². The van der Waals surface area contributed by atoms with Gasteiger partial charge in [0.2, 0.25) is 11.6 Å². The molecule has 1 amide bonds. The van der Waals surface area contributed by atoms with Crippen LogP contribution in [0.2, 0.25) is 0 Å². The molecule has 10 heteroatoms. The van der Waals surface area contributed by atoms with Gasteiger partial charge in [0.15, 0.2) is 12.4 Å². The number of aryl methyl sites for hydroxylation is 1. The van der Waals surface area contributed by atoms with Crippen LogP contribution in [0.15, 0.2) is 4.42 Å². The highest BCUT2D eigenvalue weighted by atomic mass is 16.5. The first kappa shape index (κ1) is 24.5. The Morgan fingerprint density at radius 1 is 1.15 bits per heavy atom. The molecule has 0 atom stereocenters. The molecule has 0 aliphatic heterocycles. The molecule has 2 heterocycles. The van der Waals surface area contributed by atoms with Crippen molar-refractivity contribution in [1.29, 1.82) is 0 Å². The highest BCUT2D eigenvalue weighted by Gasteiger charge is 2.44. The monoisotopic (exact) mass is 460 g/mol. The second-order valence-electron chi connectivity index (χ2n) is 9.50. The van der Waals surface area contributed by atoms with Gasteiger partial charge in [-0.25, -0.2) is 9.78 Å². The van der Waals surface area contributed by atoms with Crippen LogP contribution in [0.1, 0.15) is 81.7 Å². The van der Waals surface area contributed by atoms with Gasteiger partial charge >= 0.3 is 11.9 Å². The van der Waals surface area contributed by atoms with Crippen LogP contribution in [-0.4, -0.2) is 40.0 Å². The molecule has 180 valence electrons. The summed E-state index contributed by atoms with van der Waals surface area (Å²) in [6, 6.07) is 0. The normalized spacial score (nSPS) is 15.4. The van der Waals surface area contributed by atoms with E-state index in [9.17, 15) is 14.4 Å². The molecule has 10 nitrogen and oxygen atoms in total. The van der Waals surface area contributed by atoms with Gasteiger partial charge in [0, 0.05) is 12.0 Å². The van der Waals surface area contributed by atoms with Gasteiger partial charge in [-0.2, -0.15) is 4.98 Å². The molecule has 0 saturated heterocycles. The first-order valence-electron chi connectivity index (χ1n) is 11.2. The van der Waals surface area contributed by atoms with E-state index < -0.39 is 17.4 Å². The zero-order valence-electron chi connectivity index (χ0n) is 19.9. The predicted molar refractivity (Wildman–Crippen MR) is 120 cm³/mol. The highest BCUT2D eigenvalue weighted by Crippen LogP contribution is 2.42. The Balaban J connectivity index is 1.76. The maximum Gasteiger partial charge on any atom is 0.342 e. The maximum atomic E-state index is 13.0. The van der Waals surface area contributed by atoms with E-state index in [4.69, 9.17) is 19.6 Å². The standard InChI is InChI=1S/C23H32N4O6/c1-6-31-20(29)16-13(2)33-19-17(16)18(24)25-14(26-19)12-32-21(30)23(9-7-8-10-23)11-15(28)27-22(3,4)5/h6-12H2,1-5H3,(H,27,28)(H2,24,25,26). The molecule has 0 bridgehead atoms. The molecule has 0 radical (unpaired) electrons. The first-order valence-corrected chi connectivity index (χ1v) is 11.2. The Kier molecular flexibility index (Phi) is 6.94. The van der Waals surface area contributed by atoms with E-state index in [2.05, 4.69) is 15.3 Å². The van der Waals surface area contributed by atoms with Crippen LogP contribution in [0.5, 0.6) is 0 Å². The van der Waals surface area contributed by atoms with Crippen molar-refractivity contribution in [2.75, 3.05) is 12.3 Å². The van der Waals surface area contributed by atoms with Crippen LogP contribution in [0.25, 0.3) is 11.1 Å². The summed E-state index contributed by atoms with van der Waals surface area (Å²) in [4.78, 5) is 46.3. The van der Waals surface area contributed by atoms with Crippen molar-refractivity contribution in [2.24, 2.45) is 5.41 Å².